The molecular formula is C35H56N4O4. The highest BCUT2D eigenvalue weighted by Gasteiger charge is 2.71. The van der Waals surface area contributed by atoms with E-state index in [1.165, 1.54) is 19.3 Å². The lowest BCUT2D eigenvalue weighted by molar-refractivity contribution is -0.160. The van der Waals surface area contributed by atoms with Gasteiger partial charge in [0, 0.05) is 62.4 Å². The number of likely N-dealkylation sites (N-methyl/N-ethyl adjacent to an activating group) is 1. The Hall–Kier alpha value is -1.51. The molecule has 2 amide bonds. The molecule has 12 atom stereocenters. The number of rotatable bonds is 3. The molecule has 8 heteroatoms. The van der Waals surface area contributed by atoms with Crippen LogP contribution in [0.15, 0.2) is 0 Å². The van der Waals surface area contributed by atoms with Crippen LogP contribution in [0.3, 0.4) is 0 Å². The molecule has 0 aromatic carbocycles. The second-order valence-electron chi connectivity index (χ2n) is 16.6. The third-order valence-corrected chi connectivity index (χ3v) is 14.5. The molecule has 0 unspecified atom stereocenters. The molecule has 43 heavy (non-hydrogen) atoms. The number of nitrogens with zero attached hydrogens (tertiary/aromatic N) is 2. The van der Waals surface area contributed by atoms with E-state index in [4.69, 9.17) is 4.74 Å². The largest absolute Gasteiger partial charge is 0.357 e. The van der Waals surface area contributed by atoms with Crippen LogP contribution >= 0.6 is 0 Å². The highest BCUT2D eigenvalue weighted by molar-refractivity contribution is 5.97. The standard InChI is InChI=1S/C35H56N4O4/c1-21-8-11-35(36-20-21)22(2)32-28(43-35)17-27-25-7-6-23-16-24(9-10-33(23,3)26(25)18-29(40)34(27,32)4)37-30(41)19-31(42)39-14-12-38(5)13-15-39/h21-28,32,36H,6-20H2,1-5H3,(H,37,41)/t21-,22-,23+,24+,25+,26-,27-,28-,32-,33-,34+,35+/m0/s1. The summed E-state index contributed by atoms with van der Waals surface area (Å²) in [6.07, 6.45) is 9.51. The van der Waals surface area contributed by atoms with Crippen molar-refractivity contribution in [3.05, 3.63) is 0 Å². The van der Waals surface area contributed by atoms with Gasteiger partial charge in [-0.15, -0.1) is 0 Å². The number of nitrogens with one attached hydrogen (secondary N) is 2. The first-order valence-electron chi connectivity index (χ1n) is 17.7. The number of hydrogen-bond acceptors (Lipinski definition) is 6. The van der Waals surface area contributed by atoms with Crippen LogP contribution in [0.25, 0.3) is 0 Å². The lowest BCUT2D eigenvalue weighted by Crippen LogP contribution is -2.60. The highest BCUT2D eigenvalue weighted by Crippen LogP contribution is 2.70. The Morgan fingerprint density at radius 3 is 2.49 bits per heavy atom. The molecule has 3 aliphatic heterocycles. The van der Waals surface area contributed by atoms with Gasteiger partial charge < -0.3 is 19.9 Å². The van der Waals surface area contributed by atoms with E-state index < -0.39 is 0 Å². The summed E-state index contributed by atoms with van der Waals surface area (Å²) in [7, 11) is 2.07. The summed E-state index contributed by atoms with van der Waals surface area (Å²) in [4.78, 5) is 44.1. The summed E-state index contributed by atoms with van der Waals surface area (Å²) < 4.78 is 6.98. The number of ketones is 1. The van der Waals surface area contributed by atoms with Crippen molar-refractivity contribution in [1.82, 2.24) is 20.4 Å². The minimum atomic E-state index is -0.274. The van der Waals surface area contributed by atoms with E-state index in [9.17, 15) is 14.4 Å². The van der Waals surface area contributed by atoms with Gasteiger partial charge in [-0.3, -0.25) is 19.7 Å². The van der Waals surface area contributed by atoms with Crippen LogP contribution < -0.4 is 10.6 Å². The van der Waals surface area contributed by atoms with Crippen LogP contribution in [0, 0.1) is 52.3 Å². The van der Waals surface area contributed by atoms with E-state index in [-0.39, 0.29) is 46.9 Å². The Labute approximate surface area is 258 Å². The van der Waals surface area contributed by atoms with E-state index in [1.54, 1.807) is 0 Å². The molecule has 0 bridgehead atoms. The maximum atomic E-state index is 14.4. The second-order valence-corrected chi connectivity index (χ2v) is 16.6. The molecule has 4 saturated carbocycles. The molecule has 240 valence electrons. The normalized spacial score (nSPS) is 49.7. The molecule has 0 radical (unpaired) electrons. The summed E-state index contributed by atoms with van der Waals surface area (Å²) in [6, 6.07) is 0.133. The van der Waals surface area contributed by atoms with Gasteiger partial charge in [-0.25, -0.2) is 0 Å². The predicted octanol–water partition coefficient (Wildman–Crippen LogP) is 3.83. The van der Waals surface area contributed by atoms with Crippen molar-refractivity contribution in [2.45, 2.75) is 110 Å². The molecule has 7 rings (SSSR count). The van der Waals surface area contributed by atoms with Crippen LogP contribution in [0.2, 0.25) is 0 Å². The number of amides is 2. The molecular weight excluding hydrogens is 540 g/mol. The van der Waals surface area contributed by atoms with Crippen molar-refractivity contribution in [3.8, 4) is 0 Å². The predicted molar refractivity (Wildman–Crippen MR) is 165 cm³/mol. The Morgan fingerprint density at radius 1 is 1.00 bits per heavy atom. The number of carbonyl (C=O) groups is 3. The van der Waals surface area contributed by atoms with Crippen LogP contribution in [0.1, 0.15) is 91.9 Å². The van der Waals surface area contributed by atoms with Gasteiger partial charge in [-0.05, 0) is 93.4 Å². The fraction of sp³-hybridized carbons (Fsp3) is 0.914. The summed E-state index contributed by atoms with van der Waals surface area (Å²) in [5.41, 5.74) is -0.373. The van der Waals surface area contributed by atoms with Gasteiger partial charge >= 0.3 is 0 Å². The number of fused-ring (bicyclic) bond motifs is 7. The second kappa shape index (κ2) is 10.8. The number of ether oxygens (including phenoxy) is 1. The Kier molecular flexibility index (Phi) is 7.57. The van der Waals surface area contributed by atoms with Crippen molar-refractivity contribution in [2.24, 2.45) is 52.3 Å². The lowest BCUT2D eigenvalue weighted by Gasteiger charge is -2.60. The molecule has 7 fully saturated rings. The summed E-state index contributed by atoms with van der Waals surface area (Å²) in [5.74, 6) is 3.66. The number of Topliss-reactive ketones (excluding diaryl/α,β-unsaturated/α-hetero) is 1. The van der Waals surface area contributed by atoms with E-state index in [2.05, 4.69) is 50.3 Å². The third-order valence-electron chi connectivity index (χ3n) is 14.5. The molecule has 0 aromatic rings. The fourth-order valence-electron chi connectivity index (χ4n) is 11.8. The van der Waals surface area contributed by atoms with Gasteiger partial charge in [-0.1, -0.05) is 27.7 Å². The number of piperidine rings is 1. The minimum absolute atomic E-state index is 0.0414. The number of hydrogen-bond donors (Lipinski definition) is 2. The van der Waals surface area contributed by atoms with Gasteiger partial charge in [-0.2, -0.15) is 0 Å². The SMILES string of the molecule is C[C@H]1CC[C@@]2(NC1)O[C@H]1C[C@H]3[C@@H]4CC[C@@H]5C[C@H](NC(=O)CC(=O)N6CCN(C)CC6)CC[C@]5(C)[C@H]4CC(=O)[C@]3(C)[C@H]1[C@@H]2C. The average Bonchev–Trinajstić information content (AvgIpc) is 3.42. The van der Waals surface area contributed by atoms with Crippen molar-refractivity contribution < 1.29 is 19.1 Å². The van der Waals surface area contributed by atoms with E-state index in [1.807, 2.05) is 4.90 Å². The van der Waals surface area contributed by atoms with Gasteiger partial charge in [0.25, 0.3) is 0 Å². The number of carbonyl (C=O) groups excluding carboxylic acids is 3. The van der Waals surface area contributed by atoms with Crippen LogP contribution in [0.4, 0.5) is 0 Å². The Morgan fingerprint density at radius 2 is 1.77 bits per heavy atom. The van der Waals surface area contributed by atoms with Crippen molar-refractivity contribution >= 4 is 17.6 Å². The molecule has 3 saturated heterocycles. The van der Waals surface area contributed by atoms with E-state index >= 15 is 0 Å². The van der Waals surface area contributed by atoms with Crippen LogP contribution in [0.5, 0.6) is 0 Å². The molecule has 7 aliphatic rings. The smallest absolute Gasteiger partial charge is 0.232 e. The summed E-state index contributed by atoms with van der Waals surface area (Å²) >= 11 is 0. The zero-order valence-corrected chi connectivity index (χ0v) is 27.3. The Balaban J connectivity index is 0.997. The van der Waals surface area contributed by atoms with Crippen molar-refractivity contribution in [3.63, 3.8) is 0 Å². The lowest BCUT2D eigenvalue weighted by atomic mass is 9.44. The maximum Gasteiger partial charge on any atom is 0.232 e. The first-order valence-corrected chi connectivity index (χ1v) is 17.7. The molecule has 8 nitrogen and oxygen atoms in total. The van der Waals surface area contributed by atoms with Gasteiger partial charge in [0.15, 0.2) is 0 Å². The van der Waals surface area contributed by atoms with Crippen molar-refractivity contribution in [1.29, 1.82) is 0 Å². The third kappa shape index (κ3) is 4.74. The van der Waals surface area contributed by atoms with Gasteiger partial charge in [0.2, 0.25) is 11.8 Å². The molecule has 3 heterocycles. The molecule has 1 spiro atoms. The van der Waals surface area contributed by atoms with Crippen LogP contribution in [-0.4, -0.2) is 85.0 Å². The first kappa shape index (κ1) is 30.2. The molecule has 0 aromatic heterocycles. The average molecular weight is 597 g/mol. The van der Waals surface area contributed by atoms with Crippen molar-refractivity contribution in [2.75, 3.05) is 39.8 Å². The van der Waals surface area contributed by atoms with Crippen LogP contribution in [-0.2, 0) is 19.1 Å². The molecule has 2 N–H and O–H groups in total. The minimum Gasteiger partial charge on any atom is -0.357 e. The molecule has 4 aliphatic carbocycles. The quantitative estimate of drug-likeness (QED) is 0.482. The topological polar surface area (TPSA) is 91.0 Å². The number of piperazine rings is 1. The zero-order chi connectivity index (χ0) is 30.3. The van der Waals surface area contributed by atoms with E-state index in [0.29, 0.717) is 66.7 Å². The maximum absolute atomic E-state index is 14.4. The van der Waals surface area contributed by atoms with Gasteiger partial charge in [0.1, 0.15) is 17.9 Å². The Bertz CT molecular complexity index is 1130. The highest BCUT2D eigenvalue weighted by atomic mass is 16.5. The van der Waals surface area contributed by atoms with E-state index in [0.717, 1.165) is 51.7 Å². The monoisotopic (exact) mass is 596 g/mol. The van der Waals surface area contributed by atoms with Gasteiger partial charge in [0.05, 0.1) is 6.10 Å². The summed E-state index contributed by atoms with van der Waals surface area (Å²) in [6.45, 7) is 13.6. The summed E-state index contributed by atoms with van der Waals surface area (Å²) in [5, 5.41) is 7.06. The zero-order valence-electron chi connectivity index (χ0n) is 27.3. The first-order chi connectivity index (χ1) is 20.4. The fourth-order valence-corrected chi connectivity index (χ4v) is 11.8.